The summed E-state index contributed by atoms with van der Waals surface area (Å²) in [6.07, 6.45) is -3.45. The summed E-state index contributed by atoms with van der Waals surface area (Å²) in [5, 5.41) is 15.1. The van der Waals surface area contributed by atoms with Crippen molar-refractivity contribution < 1.29 is 32.6 Å². The Morgan fingerprint density at radius 1 is 1.22 bits per heavy atom. The van der Waals surface area contributed by atoms with Gasteiger partial charge < -0.3 is 30.3 Å². The minimum Gasteiger partial charge on any atom is -0.494 e. The fourth-order valence-electron chi connectivity index (χ4n) is 4.32. The van der Waals surface area contributed by atoms with Gasteiger partial charge >= 0.3 is 6.36 Å². The second kappa shape index (κ2) is 9.19. The Hall–Kier alpha value is -4.06. The maximum Gasteiger partial charge on any atom is 0.573 e. The van der Waals surface area contributed by atoms with Crippen LogP contribution in [0, 0.1) is 0 Å². The number of amides is 1. The first-order chi connectivity index (χ1) is 17.2. The number of rotatable bonds is 5. The summed E-state index contributed by atoms with van der Waals surface area (Å²) < 4.78 is 42.4. The number of aromatic amines is 1. The molecule has 1 saturated heterocycles. The van der Waals surface area contributed by atoms with E-state index >= 15 is 0 Å². The van der Waals surface area contributed by atoms with Gasteiger partial charge in [-0.05, 0) is 37.1 Å². The molecule has 0 unspecified atom stereocenters. The number of carbonyl (C=O) groups excluding carboxylic acids is 1. The number of likely N-dealkylation sites (tertiary alicyclic amines) is 1. The quantitative estimate of drug-likeness (QED) is 0.461. The number of oxime groups is 1. The number of piperidine rings is 1. The molecule has 1 amide bonds. The number of halogens is 3. The third-order valence-corrected chi connectivity index (χ3v) is 6.07. The van der Waals surface area contributed by atoms with Gasteiger partial charge in [-0.1, -0.05) is 23.4 Å². The van der Waals surface area contributed by atoms with Crippen LogP contribution in [0.4, 0.5) is 18.9 Å². The first-order valence-corrected chi connectivity index (χ1v) is 11.2. The Bertz CT molecular complexity index is 1370. The number of benzene rings is 2. The molecule has 3 heterocycles. The number of aromatic nitrogens is 1. The lowest BCUT2D eigenvalue weighted by Gasteiger charge is -2.29. The topological polar surface area (TPSA) is 126 Å². The zero-order chi connectivity index (χ0) is 25.4. The number of para-hydroxylation sites is 1. The number of hydrogen-bond acceptors (Lipinski definition) is 7. The summed E-state index contributed by atoms with van der Waals surface area (Å²) in [6.45, 7) is 0.777. The number of aliphatic imine (C=N–C) groups is 1. The van der Waals surface area contributed by atoms with Crippen LogP contribution in [0.25, 0.3) is 10.9 Å². The molecule has 5 rings (SSSR count). The Morgan fingerprint density at radius 3 is 2.72 bits per heavy atom. The van der Waals surface area contributed by atoms with Crippen LogP contribution in [0.1, 0.15) is 24.0 Å². The number of fused-ring (bicyclic) bond motifs is 2. The van der Waals surface area contributed by atoms with Crippen LogP contribution < -0.4 is 10.5 Å². The zero-order valence-electron chi connectivity index (χ0n) is 18.9. The number of carbonyl (C=O) groups is 1. The second-order valence-electron chi connectivity index (χ2n) is 8.51. The standard InChI is InChI=1S/C24H22F3N5O4/c25-24(26,27)36-14-5-6-18-16(11-14)20(23(34)30-18)22-21(15-3-1-2-4-17(15)29-22)31-35-12-19(33)32-9-7-13(28)8-10-32/h1-6,11,13,30,34H,7-10,12,28H2/b31-21+. The van der Waals surface area contributed by atoms with Crippen molar-refractivity contribution >= 4 is 33.9 Å². The fourth-order valence-corrected chi connectivity index (χ4v) is 4.32. The Balaban J connectivity index is 1.46. The average molecular weight is 501 g/mol. The number of ether oxygens (including phenoxy) is 1. The van der Waals surface area contributed by atoms with E-state index in [1.54, 1.807) is 29.2 Å². The molecule has 2 aromatic carbocycles. The molecule has 2 aliphatic rings. The van der Waals surface area contributed by atoms with Gasteiger partial charge in [0.05, 0.1) is 11.3 Å². The van der Waals surface area contributed by atoms with Crippen LogP contribution >= 0.6 is 0 Å². The maximum atomic E-state index is 12.8. The van der Waals surface area contributed by atoms with E-state index in [2.05, 4.69) is 19.9 Å². The van der Waals surface area contributed by atoms with Gasteiger partial charge in [-0.15, -0.1) is 13.2 Å². The normalized spacial score (nSPS) is 17.4. The molecular formula is C24H22F3N5O4. The molecule has 12 heteroatoms. The van der Waals surface area contributed by atoms with Crippen LogP contribution in [-0.2, 0) is 9.63 Å². The molecule has 0 saturated carbocycles. The van der Waals surface area contributed by atoms with Crippen LogP contribution in [0.15, 0.2) is 52.6 Å². The highest BCUT2D eigenvalue weighted by Crippen LogP contribution is 2.37. The van der Waals surface area contributed by atoms with E-state index in [0.29, 0.717) is 42.7 Å². The summed E-state index contributed by atoms with van der Waals surface area (Å²) in [6, 6.07) is 10.7. The SMILES string of the molecule is NC1CCN(C(=O)CO/N=C2/C(c3c(O)[nH]c4ccc(OC(F)(F)F)cc34)=Nc3ccccc32)CC1. The van der Waals surface area contributed by atoms with Gasteiger partial charge in [0.2, 0.25) is 0 Å². The lowest BCUT2D eigenvalue weighted by Crippen LogP contribution is -2.44. The average Bonchev–Trinajstić information content (AvgIpc) is 3.34. The molecule has 0 bridgehead atoms. The van der Waals surface area contributed by atoms with Gasteiger partial charge in [-0.2, -0.15) is 0 Å². The van der Waals surface area contributed by atoms with Crippen molar-refractivity contribution in [1.82, 2.24) is 9.88 Å². The fraction of sp³-hybridized carbons (Fsp3) is 0.292. The number of nitrogens with one attached hydrogen (secondary N) is 1. The van der Waals surface area contributed by atoms with Gasteiger partial charge in [0.25, 0.3) is 5.91 Å². The monoisotopic (exact) mass is 501 g/mol. The predicted molar refractivity (Wildman–Crippen MR) is 126 cm³/mol. The third-order valence-electron chi connectivity index (χ3n) is 6.07. The van der Waals surface area contributed by atoms with Gasteiger partial charge in [0.1, 0.15) is 17.2 Å². The highest BCUT2D eigenvalue weighted by molar-refractivity contribution is 6.58. The molecular weight excluding hydrogens is 479 g/mol. The summed E-state index contributed by atoms with van der Waals surface area (Å²) >= 11 is 0. The Kier molecular flexibility index (Phi) is 6.04. The molecule has 9 nitrogen and oxygen atoms in total. The molecule has 4 N–H and O–H groups in total. The van der Waals surface area contributed by atoms with E-state index in [0.717, 1.165) is 12.1 Å². The minimum atomic E-state index is -4.88. The smallest absolute Gasteiger partial charge is 0.494 e. The molecule has 1 aromatic heterocycles. The predicted octanol–water partition coefficient (Wildman–Crippen LogP) is 3.58. The van der Waals surface area contributed by atoms with E-state index in [4.69, 9.17) is 10.6 Å². The number of H-pyrrole nitrogens is 1. The number of nitrogens with two attached hydrogens (primary N) is 1. The molecule has 0 radical (unpaired) electrons. The highest BCUT2D eigenvalue weighted by Gasteiger charge is 2.33. The molecule has 0 atom stereocenters. The molecule has 3 aromatic rings. The summed E-state index contributed by atoms with van der Waals surface area (Å²) in [5.41, 5.74) is 7.92. The molecule has 0 aliphatic carbocycles. The van der Waals surface area contributed by atoms with Crippen molar-refractivity contribution in [1.29, 1.82) is 0 Å². The van der Waals surface area contributed by atoms with Gasteiger partial charge in [0.15, 0.2) is 12.5 Å². The van der Waals surface area contributed by atoms with Crippen LogP contribution in [0.3, 0.4) is 0 Å². The first-order valence-electron chi connectivity index (χ1n) is 11.2. The van der Waals surface area contributed by atoms with Crippen LogP contribution in [-0.4, -0.2) is 64.4 Å². The minimum absolute atomic E-state index is 0.0786. The van der Waals surface area contributed by atoms with Crippen molar-refractivity contribution in [2.24, 2.45) is 15.9 Å². The molecule has 2 aliphatic heterocycles. The molecule has 0 spiro atoms. The summed E-state index contributed by atoms with van der Waals surface area (Å²) in [7, 11) is 0. The largest absolute Gasteiger partial charge is 0.573 e. The van der Waals surface area contributed by atoms with E-state index in [9.17, 15) is 23.1 Å². The Morgan fingerprint density at radius 2 is 1.97 bits per heavy atom. The van der Waals surface area contributed by atoms with Crippen molar-refractivity contribution in [2.45, 2.75) is 25.2 Å². The number of nitrogens with zero attached hydrogens (tertiary/aromatic N) is 3. The number of hydrogen-bond donors (Lipinski definition) is 3. The van der Waals surface area contributed by atoms with Crippen molar-refractivity contribution in [3.63, 3.8) is 0 Å². The molecule has 188 valence electrons. The van der Waals surface area contributed by atoms with Crippen molar-refractivity contribution in [2.75, 3.05) is 19.7 Å². The first kappa shape index (κ1) is 23.7. The highest BCUT2D eigenvalue weighted by atomic mass is 19.4. The van der Waals surface area contributed by atoms with E-state index < -0.39 is 12.1 Å². The lowest BCUT2D eigenvalue weighted by atomic mass is 10.0. The van der Waals surface area contributed by atoms with Crippen molar-refractivity contribution in [3.05, 3.63) is 53.6 Å². The lowest BCUT2D eigenvalue weighted by molar-refractivity contribution is -0.274. The Labute approximate surface area is 203 Å². The molecule has 1 fully saturated rings. The summed E-state index contributed by atoms with van der Waals surface area (Å²) in [5.74, 6) is -0.998. The van der Waals surface area contributed by atoms with Gasteiger partial charge in [0, 0.05) is 35.6 Å². The zero-order valence-corrected chi connectivity index (χ0v) is 18.9. The maximum absolute atomic E-state index is 12.8. The van der Waals surface area contributed by atoms with E-state index in [1.165, 1.54) is 6.07 Å². The van der Waals surface area contributed by atoms with Gasteiger partial charge in [-0.3, -0.25) is 4.79 Å². The van der Waals surface area contributed by atoms with Crippen molar-refractivity contribution in [3.8, 4) is 11.6 Å². The van der Waals surface area contributed by atoms with E-state index in [-0.39, 0.29) is 46.8 Å². The van der Waals surface area contributed by atoms with Gasteiger partial charge in [-0.25, -0.2) is 4.99 Å². The summed E-state index contributed by atoms with van der Waals surface area (Å²) in [4.78, 5) is 26.9. The molecule has 36 heavy (non-hydrogen) atoms. The third kappa shape index (κ3) is 4.71. The number of alkyl halides is 3. The van der Waals surface area contributed by atoms with E-state index in [1.807, 2.05) is 0 Å². The number of aromatic hydroxyl groups is 1. The second-order valence-corrected chi connectivity index (χ2v) is 8.51. The van der Waals surface area contributed by atoms with Crippen LogP contribution in [0.2, 0.25) is 0 Å². The van der Waals surface area contributed by atoms with Crippen LogP contribution in [0.5, 0.6) is 11.6 Å².